The van der Waals surface area contributed by atoms with Crippen LogP contribution in [0.2, 0.25) is 0 Å². The second kappa shape index (κ2) is 5.68. The predicted molar refractivity (Wildman–Crippen MR) is 77.6 cm³/mol. The van der Waals surface area contributed by atoms with Gasteiger partial charge in [-0.05, 0) is 26.3 Å². The van der Waals surface area contributed by atoms with Crippen molar-refractivity contribution < 1.29 is 0 Å². The molecule has 0 bridgehead atoms. The lowest BCUT2D eigenvalue weighted by Crippen LogP contribution is -2.60. The van der Waals surface area contributed by atoms with Crippen LogP contribution in [0.1, 0.15) is 26.3 Å². The number of allylic oxidation sites excluding steroid dienone is 1. The third-order valence-corrected chi connectivity index (χ3v) is 3.92. The molecule has 1 heterocycles. The lowest BCUT2D eigenvalue weighted by Gasteiger charge is -2.45. The van der Waals surface area contributed by atoms with E-state index in [2.05, 4.69) is 73.5 Å². The Balaban J connectivity index is 2.15. The zero-order chi connectivity index (χ0) is 13.0. The molecule has 1 aliphatic rings. The molecular formula is C16H24N2. The molecule has 0 aliphatic carbocycles. The Kier molecular flexibility index (Phi) is 4.20. The number of piperazine rings is 1. The number of rotatable bonds is 3. The average molecular weight is 244 g/mol. The Hall–Kier alpha value is -1.12. The summed E-state index contributed by atoms with van der Waals surface area (Å²) in [6.45, 7) is 9.83. The maximum atomic E-state index is 3.70. The van der Waals surface area contributed by atoms with E-state index in [-0.39, 0.29) is 5.54 Å². The first-order valence-electron chi connectivity index (χ1n) is 6.81. The molecule has 1 aliphatic heterocycles. The van der Waals surface area contributed by atoms with Crippen LogP contribution in [0.15, 0.2) is 42.5 Å². The Morgan fingerprint density at radius 2 is 2.11 bits per heavy atom. The van der Waals surface area contributed by atoms with Crippen LogP contribution in [0.3, 0.4) is 0 Å². The predicted octanol–water partition coefficient (Wildman–Crippen LogP) is 2.77. The SMILES string of the molecule is C/C=C/CN1CC(C)(c2ccccc2)NCC1C. The standard InChI is InChI=1S/C16H24N2/c1-4-5-11-18-13-16(3,17-12-14(18)2)15-9-7-6-8-10-15/h4-10,14,17H,11-13H2,1-3H3/b5-4+. The van der Waals surface area contributed by atoms with Gasteiger partial charge in [0, 0.05) is 25.7 Å². The summed E-state index contributed by atoms with van der Waals surface area (Å²) in [7, 11) is 0. The monoisotopic (exact) mass is 244 g/mol. The van der Waals surface area contributed by atoms with Crippen molar-refractivity contribution in [3.63, 3.8) is 0 Å². The highest BCUT2D eigenvalue weighted by atomic mass is 15.2. The van der Waals surface area contributed by atoms with E-state index in [4.69, 9.17) is 0 Å². The number of hydrogen-bond donors (Lipinski definition) is 1. The Bertz CT molecular complexity index is 399. The highest BCUT2D eigenvalue weighted by Gasteiger charge is 2.34. The van der Waals surface area contributed by atoms with Crippen LogP contribution in [0.4, 0.5) is 0 Å². The third kappa shape index (κ3) is 2.82. The first-order chi connectivity index (χ1) is 8.65. The summed E-state index contributed by atoms with van der Waals surface area (Å²) in [5, 5.41) is 3.70. The minimum atomic E-state index is 0.0648. The van der Waals surface area contributed by atoms with Crippen LogP contribution in [0.25, 0.3) is 0 Å². The molecule has 18 heavy (non-hydrogen) atoms. The highest BCUT2D eigenvalue weighted by molar-refractivity contribution is 5.25. The fraction of sp³-hybridized carbons (Fsp3) is 0.500. The molecule has 2 atom stereocenters. The molecule has 1 fully saturated rings. The van der Waals surface area contributed by atoms with E-state index in [0.717, 1.165) is 19.6 Å². The van der Waals surface area contributed by atoms with Gasteiger partial charge in [-0.3, -0.25) is 4.90 Å². The van der Waals surface area contributed by atoms with Crippen molar-refractivity contribution in [2.24, 2.45) is 0 Å². The average Bonchev–Trinajstić information content (AvgIpc) is 2.41. The third-order valence-electron chi connectivity index (χ3n) is 3.92. The number of nitrogens with zero attached hydrogens (tertiary/aromatic N) is 1. The summed E-state index contributed by atoms with van der Waals surface area (Å²) in [6, 6.07) is 11.4. The minimum Gasteiger partial charge on any atom is -0.305 e. The van der Waals surface area contributed by atoms with Gasteiger partial charge >= 0.3 is 0 Å². The van der Waals surface area contributed by atoms with Crippen molar-refractivity contribution in [3.8, 4) is 0 Å². The number of benzene rings is 1. The van der Waals surface area contributed by atoms with Gasteiger partial charge in [-0.15, -0.1) is 0 Å². The Labute approximate surface area is 111 Å². The molecule has 0 aromatic heterocycles. The molecule has 98 valence electrons. The second-order valence-electron chi connectivity index (χ2n) is 5.43. The van der Waals surface area contributed by atoms with Crippen LogP contribution in [-0.2, 0) is 5.54 Å². The Morgan fingerprint density at radius 3 is 2.78 bits per heavy atom. The highest BCUT2D eigenvalue weighted by Crippen LogP contribution is 2.26. The first-order valence-corrected chi connectivity index (χ1v) is 6.81. The van der Waals surface area contributed by atoms with E-state index >= 15 is 0 Å². The molecule has 0 radical (unpaired) electrons. The van der Waals surface area contributed by atoms with E-state index in [1.807, 2.05) is 0 Å². The summed E-state index contributed by atoms with van der Waals surface area (Å²) in [5.41, 5.74) is 1.44. The molecule has 1 N–H and O–H groups in total. The number of hydrogen-bond acceptors (Lipinski definition) is 2. The van der Waals surface area contributed by atoms with Crippen LogP contribution >= 0.6 is 0 Å². The lowest BCUT2D eigenvalue weighted by molar-refractivity contribution is 0.107. The van der Waals surface area contributed by atoms with Gasteiger partial charge in [-0.25, -0.2) is 0 Å². The van der Waals surface area contributed by atoms with E-state index in [0.29, 0.717) is 6.04 Å². The molecule has 0 saturated carbocycles. The van der Waals surface area contributed by atoms with Crippen LogP contribution in [-0.4, -0.2) is 30.6 Å². The van der Waals surface area contributed by atoms with Crippen molar-refractivity contribution in [1.29, 1.82) is 0 Å². The zero-order valence-electron chi connectivity index (χ0n) is 11.7. The number of nitrogens with one attached hydrogen (secondary N) is 1. The molecular weight excluding hydrogens is 220 g/mol. The van der Waals surface area contributed by atoms with Crippen molar-refractivity contribution in [2.45, 2.75) is 32.4 Å². The largest absolute Gasteiger partial charge is 0.305 e. The van der Waals surface area contributed by atoms with E-state index < -0.39 is 0 Å². The normalized spacial score (nSPS) is 29.8. The summed E-state index contributed by atoms with van der Waals surface area (Å²) in [6.07, 6.45) is 4.38. The lowest BCUT2D eigenvalue weighted by atomic mass is 9.88. The molecule has 2 rings (SSSR count). The van der Waals surface area contributed by atoms with Gasteiger partial charge in [0.05, 0.1) is 5.54 Å². The van der Waals surface area contributed by atoms with Gasteiger partial charge in [-0.1, -0.05) is 42.5 Å². The van der Waals surface area contributed by atoms with Crippen molar-refractivity contribution in [3.05, 3.63) is 48.0 Å². The van der Waals surface area contributed by atoms with Gasteiger partial charge in [-0.2, -0.15) is 0 Å². The second-order valence-corrected chi connectivity index (χ2v) is 5.43. The molecule has 0 amide bonds. The quantitative estimate of drug-likeness (QED) is 0.823. The van der Waals surface area contributed by atoms with Crippen LogP contribution in [0, 0.1) is 0 Å². The molecule has 1 aromatic carbocycles. The van der Waals surface area contributed by atoms with Crippen molar-refractivity contribution in [2.75, 3.05) is 19.6 Å². The van der Waals surface area contributed by atoms with E-state index in [1.54, 1.807) is 0 Å². The smallest absolute Gasteiger partial charge is 0.0535 e. The van der Waals surface area contributed by atoms with Crippen LogP contribution in [0.5, 0.6) is 0 Å². The first kappa shape index (κ1) is 13.3. The fourth-order valence-corrected chi connectivity index (χ4v) is 2.60. The van der Waals surface area contributed by atoms with Crippen LogP contribution < -0.4 is 5.32 Å². The van der Waals surface area contributed by atoms with Crippen molar-refractivity contribution >= 4 is 0 Å². The van der Waals surface area contributed by atoms with E-state index in [1.165, 1.54) is 5.56 Å². The van der Waals surface area contributed by atoms with Gasteiger partial charge in [0.1, 0.15) is 0 Å². The summed E-state index contributed by atoms with van der Waals surface area (Å²) < 4.78 is 0. The summed E-state index contributed by atoms with van der Waals surface area (Å²) in [5.74, 6) is 0. The molecule has 2 nitrogen and oxygen atoms in total. The van der Waals surface area contributed by atoms with Gasteiger partial charge in [0.15, 0.2) is 0 Å². The maximum absolute atomic E-state index is 3.70. The van der Waals surface area contributed by atoms with E-state index in [9.17, 15) is 0 Å². The molecule has 2 heteroatoms. The van der Waals surface area contributed by atoms with Gasteiger partial charge in [0.2, 0.25) is 0 Å². The summed E-state index contributed by atoms with van der Waals surface area (Å²) in [4.78, 5) is 2.55. The van der Waals surface area contributed by atoms with Gasteiger partial charge < -0.3 is 5.32 Å². The molecule has 1 saturated heterocycles. The molecule has 2 unspecified atom stereocenters. The Morgan fingerprint density at radius 1 is 1.39 bits per heavy atom. The molecule has 0 spiro atoms. The van der Waals surface area contributed by atoms with Gasteiger partial charge in [0.25, 0.3) is 0 Å². The zero-order valence-corrected chi connectivity index (χ0v) is 11.7. The minimum absolute atomic E-state index is 0.0648. The summed E-state index contributed by atoms with van der Waals surface area (Å²) >= 11 is 0. The molecule has 1 aromatic rings. The fourth-order valence-electron chi connectivity index (χ4n) is 2.60. The maximum Gasteiger partial charge on any atom is 0.0535 e. The van der Waals surface area contributed by atoms with Crippen molar-refractivity contribution in [1.82, 2.24) is 10.2 Å². The topological polar surface area (TPSA) is 15.3 Å².